The van der Waals surface area contributed by atoms with Gasteiger partial charge in [-0.3, -0.25) is 14.4 Å². The molecule has 2 aromatic rings. The molecule has 3 amide bonds. The van der Waals surface area contributed by atoms with Crippen molar-refractivity contribution in [2.75, 3.05) is 6.61 Å². The highest BCUT2D eigenvalue weighted by atomic mass is 16.4. The maximum Gasteiger partial charge on any atom is 0.326 e. The molecule has 0 aliphatic heterocycles. The third-order valence-electron chi connectivity index (χ3n) is 5.87. The van der Waals surface area contributed by atoms with Crippen molar-refractivity contribution in [3.63, 3.8) is 0 Å². The first-order chi connectivity index (χ1) is 18.4. The Bertz CT molecular complexity index is 1120. The molecule has 0 radical (unpaired) electrons. The van der Waals surface area contributed by atoms with Crippen molar-refractivity contribution in [2.24, 2.45) is 11.7 Å². The predicted octanol–water partition coefficient (Wildman–Crippen LogP) is -0.212. The second-order valence-corrected chi connectivity index (χ2v) is 9.68. The van der Waals surface area contributed by atoms with E-state index in [1.54, 1.807) is 12.1 Å². The number of carbonyl (C=O) groups is 4. The van der Waals surface area contributed by atoms with Crippen LogP contribution in [-0.2, 0) is 32.0 Å². The summed E-state index contributed by atoms with van der Waals surface area (Å²) in [6.07, 6.45) is 0.0933. The Labute approximate surface area is 226 Å². The number of aromatic hydroxyl groups is 2. The van der Waals surface area contributed by atoms with Crippen LogP contribution in [0.4, 0.5) is 0 Å². The van der Waals surface area contributed by atoms with Crippen LogP contribution in [0.15, 0.2) is 48.5 Å². The van der Waals surface area contributed by atoms with E-state index in [2.05, 4.69) is 16.0 Å². The van der Waals surface area contributed by atoms with Crippen LogP contribution in [-0.4, -0.2) is 74.9 Å². The molecular formula is C27H36N4O8. The van der Waals surface area contributed by atoms with E-state index < -0.39 is 54.5 Å². The number of aliphatic hydroxyl groups is 1. The van der Waals surface area contributed by atoms with Crippen LogP contribution in [0.3, 0.4) is 0 Å². The van der Waals surface area contributed by atoms with Gasteiger partial charge in [0.1, 0.15) is 35.7 Å². The Morgan fingerprint density at radius 1 is 0.718 bits per heavy atom. The zero-order valence-corrected chi connectivity index (χ0v) is 21.8. The summed E-state index contributed by atoms with van der Waals surface area (Å²) in [5.41, 5.74) is 6.70. The first-order valence-electron chi connectivity index (χ1n) is 12.5. The van der Waals surface area contributed by atoms with Crippen LogP contribution in [0.5, 0.6) is 11.5 Å². The summed E-state index contributed by atoms with van der Waals surface area (Å²) < 4.78 is 0. The molecule has 2 rings (SSSR count). The number of phenolic OH excluding ortho intramolecular Hbond substituents is 2. The lowest BCUT2D eigenvalue weighted by molar-refractivity contribution is -0.142. The van der Waals surface area contributed by atoms with Crippen molar-refractivity contribution in [3.05, 3.63) is 59.7 Å². The molecule has 0 aliphatic carbocycles. The summed E-state index contributed by atoms with van der Waals surface area (Å²) in [7, 11) is 0. The summed E-state index contributed by atoms with van der Waals surface area (Å²) in [6.45, 7) is 3.05. The van der Waals surface area contributed by atoms with E-state index in [0.717, 1.165) is 0 Å². The third kappa shape index (κ3) is 10.3. The van der Waals surface area contributed by atoms with Crippen molar-refractivity contribution in [1.82, 2.24) is 16.0 Å². The normalized spacial score (nSPS) is 14.1. The van der Waals surface area contributed by atoms with Crippen LogP contribution in [0, 0.1) is 5.92 Å². The number of aliphatic hydroxyl groups excluding tert-OH is 1. The molecule has 0 saturated carbocycles. The number of nitrogens with one attached hydrogen (secondary N) is 3. The fourth-order valence-corrected chi connectivity index (χ4v) is 3.75. The lowest BCUT2D eigenvalue weighted by Crippen LogP contribution is -2.58. The quantitative estimate of drug-likeness (QED) is 0.158. The number of nitrogens with two attached hydrogens (primary N) is 1. The van der Waals surface area contributed by atoms with Crippen molar-refractivity contribution in [1.29, 1.82) is 0 Å². The zero-order chi connectivity index (χ0) is 29.1. The Balaban J connectivity index is 2.28. The second kappa shape index (κ2) is 14.7. The van der Waals surface area contributed by atoms with Gasteiger partial charge in [-0.2, -0.15) is 0 Å². The Kier molecular flexibility index (Phi) is 11.7. The molecule has 9 N–H and O–H groups in total. The number of aliphatic carboxylic acids is 1. The number of hydrogen-bond donors (Lipinski definition) is 8. The standard InChI is InChI=1S/C27H36N4O8/c1-15(2)11-21(29-24(35)20(28)14-32)25(36)30-22(12-16-3-7-18(33)8-4-16)26(37)31-23(27(38)39)13-17-5-9-19(34)10-6-17/h3-10,15,20-23,32-34H,11-14,28H2,1-2H3,(H,29,35)(H,30,36)(H,31,37)(H,38,39). The van der Waals surface area contributed by atoms with Gasteiger partial charge < -0.3 is 42.1 Å². The molecule has 4 atom stereocenters. The van der Waals surface area contributed by atoms with Crippen molar-refractivity contribution >= 4 is 23.7 Å². The number of amides is 3. The summed E-state index contributed by atoms with van der Waals surface area (Å²) in [4.78, 5) is 50.7. The highest BCUT2D eigenvalue weighted by Crippen LogP contribution is 2.14. The largest absolute Gasteiger partial charge is 0.508 e. The Hall–Kier alpha value is -4.16. The number of rotatable bonds is 14. The van der Waals surface area contributed by atoms with Crippen molar-refractivity contribution < 1.29 is 39.6 Å². The first-order valence-corrected chi connectivity index (χ1v) is 12.5. The molecule has 4 unspecified atom stereocenters. The van der Waals surface area contributed by atoms with Crippen LogP contribution >= 0.6 is 0 Å². The van der Waals surface area contributed by atoms with Gasteiger partial charge in [0.2, 0.25) is 17.7 Å². The van der Waals surface area contributed by atoms with Gasteiger partial charge in [0.05, 0.1) is 6.61 Å². The fraction of sp³-hybridized carbons (Fsp3) is 0.407. The molecule has 0 spiro atoms. The Morgan fingerprint density at radius 3 is 1.56 bits per heavy atom. The minimum Gasteiger partial charge on any atom is -0.508 e. The highest BCUT2D eigenvalue weighted by Gasteiger charge is 2.31. The van der Waals surface area contributed by atoms with E-state index in [-0.39, 0.29) is 36.7 Å². The lowest BCUT2D eigenvalue weighted by atomic mass is 10.00. The van der Waals surface area contributed by atoms with E-state index in [4.69, 9.17) is 5.73 Å². The van der Waals surface area contributed by atoms with Gasteiger partial charge in [0.15, 0.2) is 0 Å². The number of phenols is 2. The van der Waals surface area contributed by atoms with E-state index >= 15 is 0 Å². The van der Waals surface area contributed by atoms with Gasteiger partial charge in [0, 0.05) is 12.8 Å². The van der Waals surface area contributed by atoms with Gasteiger partial charge in [-0.05, 0) is 47.7 Å². The molecule has 0 aromatic heterocycles. The van der Waals surface area contributed by atoms with Gasteiger partial charge >= 0.3 is 5.97 Å². The van der Waals surface area contributed by atoms with E-state index in [0.29, 0.717) is 11.1 Å². The molecular weight excluding hydrogens is 508 g/mol. The van der Waals surface area contributed by atoms with Gasteiger partial charge in [0.25, 0.3) is 0 Å². The number of hydrogen-bond acceptors (Lipinski definition) is 8. The molecule has 2 aromatic carbocycles. The Morgan fingerprint density at radius 2 is 1.13 bits per heavy atom. The van der Waals surface area contributed by atoms with E-state index in [9.17, 15) is 39.6 Å². The maximum absolute atomic E-state index is 13.3. The van der Waals surface area contributed by atoms with Crippen LogP contribution < -0.4 is 21.7 Å². The monoisotopic (exact) mass is 544 g/mol. The summed E-state index contributed by atoms with van der Waals surface area (Å²) in [5.74, 6) is -3.52. The van der Waals surface area contributed by atoms with Gasteiger partial charge in [-0.1, -0.05) is 38.1 Å². The summed E-state index contributed by atoms with van der Waals surface area (Å²) in [5, 5.41) is 45.5. The lowest BCUT2D eigenvalue weighted by Gasteiger charge is -2.26. The van der Waals surface area contributed by atoms with Crippen molar-refractivity contribution in [2.45, 2.75) is 57.3 Å². The molecule has 0 heterocycles. The molecule has 12 nitrogen and oxygen atoms in total. The predicted molar refractivity (Wildman–Crippen MR) is 142 cm³/mol. The zero-order valence-electron chi connectivity index (χ0n) is 21.8. The first kappa shape index (κ1) is 31.1. The smallest absolute Gasteiger partial charge is 0.326 e. The molecule has 0 aliphatic rings. The maximum atomic E-state index is 13.3. The highest BCUT2D eigenvalue weighted by molar-refractivity contribution is 5.94. The minimum absolute atomic E-state index is 0.00329. The second-order valence-electron chi connectivity index (χ2n) is 9.68. The summed E-state index contributed by atoms with van der Waals surface area (Å²) >= 11 is 0. The number of benzene rings is 2. The average molecular weight is 545 g/mol. The summed E-state index contributed by atoms with van der Waals surface area (Å²) in [6, 6.07) is 6.91. The minimum atomic E-state index is -1.34. The molecule has 12 heteroatoms. The SMILES string of the molecule is CC(C)CC(NC(=O)C(N)CO)C(=O)NC(Cc1ccc(O)cc1)C(=O)NC(Cc1ccc(O)cc1)C(=O)O. The number of carbonyl (C=O) groups excluding carboxylic acids is 3. The van der Waals surface area contributed by atoms with Crippen LogP contribution in [0.1, 0.15) is 31.4 Å². The number of carboxylic acids is 1. The molecule has 212 valence electrons. The van der Waals surface area contributed by atoms with Crippen LogP contribution in [0.25, 0.3) is 0 Å². The molecule has 0 bridgehead atoms. The average Bonchev–Trinajstić information content (AvgIpc) is 2.88. The molecule has 0 saturated heterocycles. The van der Waals surface area contributed by atoms with E-state index in [1.165, 1.54) is 36.4 Å². The molecule has 39 heavy (non-hydrogen) atoms. The molecule has 0 fully saturated rings. The van der Waals surface area contributed by atoms with Crippen LogP contribution in [0.2, 0.25) is 0 Å². The number of carboxylic acid groups (broad SMARTS) is 1. The third-order valence-corrected chi connectivity index (χ3v) is 5.87. The van der Waals surface area contributed by atoms with Gasteiger partial charge in [-0.15, -0.1) is 0 Å². The van der Waals surface area contributed by atoms with Crippen molar-refractivity contribution in [3.8, 4) is 11.5 Å². The van der Waals surface area contributed by atoms with E-state index in [1.807, 2.05) is 13.8 Å². The van der Waals surface area contributed by atoms with Gasteiger partial charge in [-0.25, -0.2) is 4.79 Å². The fourth-order valence-electron chi connectivity index (χ4n) is 3.75. The topological polar surface area (TPSA) is 211 Å².